The summed E-state index contributed by atoms with van der Waals surface area (Å²) >= 11 is 6.54. The zero-order chi connectivity index (χ0) is 23.4. The summed E-state index contributed by atoms with van der Waals surface area (Å²) in [5, 5.41) is 10.4. The van der Waals surface area contributed by atoms with Crippen LogP contribution in [0.15, 0.2) is 30.3 Å². The fourth-order valence-corrected chi connectivity index (χ4v) is 6.73. The zero-order valence-electron chi connectivity index (χ0n) is 18.2. The first kappa shape index (κ1) is 22.2. The first-order valence-corrected chi connectivity index (χ1v) is 13.5. The van der Waals surface area contributed by atoms with Gasteiger partial charge in [-0.25, -0.2) is 13.4 Å². The van der Waals surface area contributed by atoms with Gasteiger partial charge in [0.2, 0.25) is 0 Å². The molecule has 3 aliphatic heterocycles. The first-order valence-electron chi connectivity index (χ1n) is 11.3. The minimum Gasteiger partial charge on any atom is -0.456 e. The van der Waals surface area contributed by atoms with E-state index in [4.69, 9.17) is 25.8 Å². The summed E-state index contributed by atoms with van der Waals surface area (Å²) in [6, 6.07) is 10.0. The molecule has 4 unspecified atom stereocenters. The molecule has 5 heterocycles. The van der Waals surface area contributed by atoms with E-state index in [-0.39, 0.29) is 48.4 Å². The number of aromatic nitrogens is 3. The molecule has 0 bridgehead atoms. The van der Waals surface area contributed by atoms with Crippen molar-refractivity contribution in [3.8, 4) is 17.3 Å². The Morgan fingerprint density at radius 3 is 2.56 bits per heavy atom. The van der Waals surface area contributed by atoms with Crippen LogP contribution in [-0.4, -0.2) is 77.6 Å². The van der Waals surface area contributed by atoms with Crippen LogP contribution >= 0.6 is 11.6 Å². The summed E-state index contributed by atoms with van der Waals surface area (Å²) < 4.78 is 40.6. The number of benzene rings is 1. The molecule has 9 nitrogen and oxygen atoms in total. The van der Waals surface area contributed by atoms with Gasteiger partial charge in [0.15, 0.2) is 11.8 Å². The molecule has 11 heteroatoms. The zero-order valence-corrected chi connectivity index (χ0v) is 19.8. The van der Waals surface area contributed by atoms with Crippen molar-refractivity contribution in [3.05, 3.63) is 40.9 Å². The molecule has 6 rings (SSSR count). The van der Waals surface area contributed by atoms with E-state index in [1.807, 2.05) is 24.3 Å². The van der Waals surface area contributed by atoms with Crippen molar-refractivity contribution in [3.63, 3.8) is 0 Å². The number of ether oxygens (including phenoxy) is 3. The number of aliphatic hydroxyl groups is 1. The summed E-state index contributed by atoms with van der Waals surface area (Å²) in [5.41, 5.74) is 3.70. The number of hydrogen-bond acceptors (Lipinski definition) is 8. The Morgan fingerprint density at radius 1 is 1.06 bits per heavy atom. The largest absolute Gasteiger partial charge is 0.456 e. The number of H-pyrrole nitrogens is 1. The van der Waals surface area contributed by atoms with Crippen molar-refractivity contribution in [1.29, 1.82) is 0 Å². The maximum absolute atomic E-state index is 11.7. The maximum Gasteiger partial charge on any atom is 0.296 e. The van der Waals surface area contributed by atoms with Gasteiger partial charge < -0.3 is 24.3 Å². The molecule has 3 fully saturated rings. The lowest BCUT2D eigenvalue weighted by atomic mass is 9.92. The van der Waals surface area contributed by atoms with Gasteiger partial charge in [-0.2, -0.15) is 4.98 Å². The summed E-state index contributed by atoms with van der Waals surface area (Å²) in [4.78, 5) is 12.2. The van der Waals surface area contributed by atoms with E-state index in [2.05, 4.69) is 15.0 Å². The fraction of sp³-hybridized carbons (Fsp3) is 0.478. The molecule has 180 valence electrons. The highest BCUT2D eigenvalue weighted by Gasteiger charge is 2.48. The molecule has 0 radical (unpaired) electrons. The van der Waals surface area contributed by atoms with E-state index >= 15 is 0 Å². The number of aliphatic hydroxyl groups excluding tert-OH is 1. The van der Waals surface area contributed by atoms with Crippen molar-refractivity contribution in [2.75, 3.05) is 24.7 Å². The van der Waals surface area contributed by atoms with Gasteiger partial charge in [0.1, 0.15) is 28.1 Å². The molecule has 0 aliphatic carbocycles. The lowest BCUT2D eigenvalue weighted by Gasteiger charge is -2.22. The van der Waals surface area contributed by atoms with Gasteiger partial charge in [-0.1, -0.05) is 35.9 Å². The van der Waals surface area contributed by atoms with Crippen molar-refractivity contribution in [2.45, 2.75) is 43.2 Å². The van der Waals surface area contributed by atoms with Crippen molar-refractivity contribution >= 4 is 32.6 Å². The maximum atomic E-state index is 11.7. The number of imidazole rings is 1. The summed E-state index contributed by atoms with van der Waals surface area (Å²) in [7, 11) is -2.89. The van der Waals surface area contributed by atoms with E-state index in [1.165, 1.54) is 0 Å². The molecule has 3 aliphatic rings. The van der Waals surface area contributed by atoms with Crippen LogP contribution in [0.25, 0.3) is 22.4 Å². The lowest BCUT2D eigenvalue weighted by Crippen LogP contribution is -2.34. The quantitative estimate of drug-likeness (QED) is 0.554. The normalized spacial score (nSPS) is 28.9. The predicted octanol–water partition coefficient (Wildman–Crippen LogP) is 2.48. The SMILES string of the molecule is O=S1(=O)CCC(c2ccc(-c3nc4nc(OC5COC6C(O)COC56)[nH]c4cc3Cl)cc2)CC1. The van der Waals surface area contributed by atoms with Crippen LogP contribution in [0, 0.1) is 0 Å². The summed E-state index contributed by atoms with van der Waals surface area (Å²) in [6.07, 6.45) is -0.428. The van der Waals surface area contributed by atoms with Crippen LogP contribution in [-0.2, 0) is 19.3 Å². The number of halogens is 1. The lowest BCUT2D eigenvalue weighted by molar-refractivity contribution is 0.00706. The molecule has 3 saturated heterocycles. The Balaban J connectivity index is 1.21. The van der Waals surface area contributed by atoms with E-state index in [9.17, 15) is 13.5 Å². The van der Waals surface area contributed by atoms with Gasteiger partial charge in [0.25, 0.3) is 6.01 Å². The Hall–Kier alpha value is -2.24. The highest BCUT2D eigenvalue weighted by atomic mass is 35.5. The minimum atomic E-state index is -2.89. The third kappa shape index (κ3) is 4.07. The van der Waals surface area contributed by atoms with Crippen LogP contribution in [0.5, 0.6) is 6.01 Å². The van der Waals surface area contributed by atoms with Gasteiger partial charge >= 0.3 is 0 Å². The molecule has 0 saturated carbocycles. The molecular formula is C23H24ClN3O6S. The number of pyridine rings is 1. The van der Waals surface area contributed by atoms with Gasteiger partial charge in [0, 0.05) is 5.56 Å². The van der Waals surface area contributed by atoms with Gasteiger partial charge in [-0.3, -0.25) is 0 Å². The number of rotatable bonds is 4. The van der Waals surface area contributed by atoms with Crippen LogP contribution in [0.2, 0.25) is 5.02 Å². The molecular weight excluding hydrogens is 482 g/mol. The third-order valence-corrected chi connectivity index (χ3v) is 8.86. The number of nitrogens with one attached hydrogen (secondary N) is 1. The molecule has 1 aromatic carbocycles. The van der Waals surface area contributed by atoms with Crippen molar-refractivity contribution in [1.82, 2.24) is 15.0 Å². The van der Waals surface area contributed by atoms with E-state index in [1.54, 1.807) is 6.07 Å². The van der Waals surface area contributed by atoms with Gasteiger partial charge in [0.05, 0.1) is 41.0 Å². The Morgan fingerprint density at radius 2 is 1.79 bits per heavy atom. The molecule has 34 heavy (non-hydrogen) atoms. The smallest absolute Gasteiger partial charge is 0.296 e. The third-order valence-electron chi connectivity index (χ3n) is 6.86. The van der Waals surface area contributed by atoms with Crippen LogP contribution in [0.4, 0.5) is 0 Å². The Bertz CT molecular complexity index is 1310. The Labute approximate surface area is 201 Å². The standard InChI is InChI=1S/C23H24ClN3O6S/c24-15-9-16-22(27-23(25-16)33-18-11-32-20-17(28)10-31-21(18)20)26-19(15)14-3-1-12(2-4-14)13-5-7-34(29,30)8-6-13/h1-4,9,13,17-18,20-21,28H,5-8,10-11H2,(H,25,26,27). The van der Waals surface area contributed by atoms with E-state index in [0.29, 0.717) is 41.3 Å². The molecule has 0 spiro atoms. The molecule has 4 atom stereocenters. The van der Waals surface area contributed by atoms with Crippen LogP contribution in [0.1, 0.15) is 24.3 Å². The van der Waals surface area contributed by atoms with E-state index in [0.717, 1.165) is 11.1 Å². The van der Waals surface area contributed by atoms with Gasteiger partial charge in [-0.05, 0) is 30.4 Å². The molecule has 2 aromatic heterocycles. The minimum absolute atomic E-state index is 0.231. The molecule has 0 amide bonds. The first-order chi connectivity index (χ1) is 16.4. The second-order valence-corrected chi connectivity index (χ2v) is 11.8. The Kier molecular flexibility index (Phi) is 5.53. The average Bonchev–Trinajstić information content (AvgIpc) is 3.50. The monoisotopic (exact) mass is 505 g/mol. The topological polar surface area (TPSA) is 124 Å². The molecule has 3 aromatic rings. The summed E-state index contributed by atoms with van der Waals surface area (Å²) in [6.45, 7) is 0.538. The number of sulfone groups is 1. The predicted molar refractivity (Wildman–Crippen MR) is 125 cm³/mol. The average molecular weight is 506 g/mol. The second-order valence-electron chi connectivity index (χ2n) is 9.10. The van der Waals surface area contributed by atoms with Crippen LogP contribution in [0.3, 0.4) is 0 Å². The molecule has 2 N–H and O–H groups in total. The summed E-state index contributed by atoms with van der Waals surface area (Å²) in [5.74, 6) is 0.737. The van der Waals surface area contributed by atoms with Crippen molar-refractivity contribution in [2.24, 2.45) is 0 Å². The number of hydrogen-bond donors (Lipinski definition) is 2. The highest BCUT2D eigenvalue weighted by molar-refractivity contribution is 7.91. The fourth-order valence-electron chi connectivity index (χ4n) is 4.98. The highest BCUT2D eigenvalue weighted by Crippen LogP contribution is 2.34. The number of nitrogens with zero attached hydrogens (tertiary/aromatic N) is 2. The van der Waals surface area contributed by atoms with E-state index < -0.39 is 15.9 Å². The number of fused-ring (bicyclic) bond motifs is 2. The number of aromatic amines is 1. The van der Waals surface area contributed by atoms with Crippen molar-refractivity contribution < 1.29 is 27.7 Å². The van der Waals surface area contributed by atoms with Crippen LogP contribution < -0.4 is 4.74 Å². The second kappa shape index (κ2) is 8.46. The van der Waals surface area contributed by atoms with Gasteiger partial charge in [-0.15, -0.1) is 0 Å².